The van der Waals surface area contributed by atoms with Crippen molar-refractivity contribution in [3.63, 3.8) is 0 Å². The molecule has 0 radical (unpaired) electrons. The highest BCUT2D eigenvalue weighted by atomic mass is 16.5. The van der Waals surface area contributed by atoms with Crippen LogP contribution in [0.1, 0.15) is 69.8 Å². The second-order valence-corrected chi connectivity index (χ2v) is 7.81. The Hall–Kier alpha value is -2.44. The molecule has 0 aliphatic heterocycles. The van der Waals surface area contributed by atoms with E-state index in [4.69, 9.17) is 14.2 Å². The van der Waals surface area contributed by atoms with Crippen molar-refractivity contribution in [3.8, 4) is 17.2 Å². The molecule has 0 bridgehead atoms. The van der Waals surface area contributed by atoms with Crippen LogP contribution in [0.25, 0.3) is 0 Å². The smallest absolute Gasteiger partial charge is 0.414 e. The van der Waals surface area contributed by atoms with E-state index in [1.165, 1.54) is 21.3 Å². The minimum Gasteiger partial charge on any atom is -0.493 e. The molecule has 1 aliphatic carbocycles. The first-order chi connectivity index (χ1) is 14.5. The van der Waals surface area contributed by atoms with Crippen LogP contribution in [0.2, 0.25) is 0 Å². The van der Waals surface area contributed by atoms with Gasteiger partial charge in [0.15, 0.2) is 11.5 Å². The number of unbranched alkanes of at least 4 members (excludes halogenated alkanes) is 2. The standard InChI is InChI=1S/C23H35NO6/c1-5-6-10-13-24(23(26)27)22(25)20(16-11-8-7-9-12-16)17-14-18(28-2)21(30-4)19(15-17)29-3/h14-16,20H,5-13H2,1-4H3,(H,26,27). The van der Waals surface area contributed by atoms with Gasteiger partial charge in [0.05, 0.1) is 27.2 Å². The molecule has 1 saturated carbocycles. The lowest BCUT2D eigenvalue weighted by atomic mass is 9.76. The molecule has 0 spiro atoms. The molecule has 1 aromatic rings. The summed E-state index contributed by atoms with van der Waals surface area (Å²) in [4.78, 5) is 26.5. The van der Waals surface area contributed by atoms with E-state index in [0.717, 1.165) is 49.8 Å². The third-order valence-electron chi connectivity index (χ3n) is 5.92. The van der Waals surface area contributed by atoms with Crippen molar-refractivity contribution >= 4 is 12.0 Å². The van der Waals surface area contributed by atoms with Crippen LogP contribution < -0.4 is 14.2 Å². The van der Waals surface area contributed by atoms with E-state index >= 15 is 0 Å². The molecule has 1 aromatic carbocycles. The SMILES string of the molecule is CCCCCN(C(=O)O)C(=O)C(c1cc(OC)c(OC)c(OC)c1)C1CCCCC1. The summed E-state index contributed by atoms with van der Waals surface area (Å²) in [6.07, 6.45) is 6.35. The number of ether oxygens (including phenoxy) is 3. The van der Waals surface area contributed by atoms with Gasteiger partial charge in [0.25, 0.3) is 0 Å². The first kappa shape index (κ1) is 23.8. The van der Waals surface area contributed by atoms with Crippen LogP contribution in [0.5, 0.6) is 17.2 Å². The monoisotopic (exact) mass is 421 g/mol. The third kappa shape index (κ3) is 5.58. The van der Waals surface area contributed by atoms with Gasteiger partial charge in [-0.15, -0.1) is 0 Å². The molecule has 1 aliphatic rings. The maximum Gasteiger partial charge on any atom is 0.414 e. The van der Waals surface area contributed by atoms with Gasteiger partial charge in [-0.05, 0) is 42.9 Å². The molecule has 1 unspecified atom stereocenters. The van der Waals surface area contributed by atoms with Crippen LogP contribution in [-0.4, -0.2) is 49.9 Å². The molecule has 7 nitrogen and oxygen atoms in total. The number of nitrogens with zero attached hydrogens (tertiary/aromatic N) is 1. The fourth-order valence-corrected chi connectivity index (χ4v) is 4.35. The Bertz CT molecular complexity index is 689. The molecule has 1 fully saturated rings. The summed E-state index contributed by atoms with van der Waals surface area (Å²) in [7, 11) is 4.60. The fraction of sp³-hybridized carbons (Fsp3) is 0.652. The highest BCUT2D eigenvalue weighted by molar-refractivity contribution is 5.95. The second-order valence-electron chi connectivity index (χ2n) is 7.81. The van der Waals surface area contributed by atoms with Gasteiger partial charge in [-0.1, -0.05) is 39.0 Å². The highest BCUT2D eigenvalue weighted by Gasteiger charge is 2.37. The molecular formula is C23H35NO6. The van der Waals surface area contributed by atoms with Crippen molar-refractivity contribution < 1.29 is 28.9 Å². The molecule has 168 valence electrons. The summed E-state index contributed by atoms with van der Waals surface area (Å²) in [6, 6.07) is 3.56. The molecule has 7 heteroatoms. The van der Waals surface area contributed by atoms with Gasteiger partial charge in [-0.25, -0.2) is 9.69 Å². The number of carbonyl (C=O) groups is 2. The summed E-state index contributed by atoms with van der Waals surface area (Å²) in [5.41, 5.74) is 0.711. The molecule has 1 atom stereocenters. The number of amides is 2. The van der Waals surface area contributed by atoms with Crippen molar-refractivity contribution in [2.75, 3.05) is 27.9 Å². The van der Waals surface area contributed by atoms with E-state index in [0.29, 0.717) is 29.2 Å². The van der Waals surface area contributed by atoms with E-state index in [1.54, 1.807) is 12.1 Å². The average Bonchev–Trinajstić information content (AvgIpc) is 2.76. The number of benzene rings is 1. The first-order valence-corrected chi connectivity index (χ1v) is 10.8. The van der Waals surface area contributed by atoms with Gasteiger partial charge in [0.1, 0.15) is 0 Å². The van der Waals surface area contributed by atoms with Crippen LogP contribution in [0.4, 0.5) is 4.79 Å². The Morgan fingerprint density at radius 2 is 1.63 bits per heavy atom. The molecule has 30 heavy (non-hydrogen) atoms. The van der Waals surface area contributed by atoms with Gasteiger partial charge in [0, 0.05) is 6.54 Å². The number of hydrogen-bond donors (Lipinski definition) is 1. The lowest BCUT2D eigenvalue weighted by molar-refractivity contribution is -0.132. The molecule has 0 saturated heterocycles. The Morgan fingerprint density at radius 1 is 1.03 bits per heavy atom. The number of carboxylic acid groups (broad SMARTS) is 1. The number of hydrogen-bond acceptors (Lipinski definition) is 5. The molecule has 0 heterocycles. The van der Waals surface area contributed by atoms with Gasteiger partial charge in [-0.2, -0.15) is 0 Å². The minimum absolute atomic E-state index is 0.0853. The van der Waals surface area contributed by atoms with Crippen LogP contribution >= 0.6 is 0 Å². The van der Waals surface area contributed by atoms with Crippen molar-refractivity contribution in [1.82, 2.24) is 4.90 Å². The Labute approximate surface area is 179 Å². The average molecular weight is 422 g/mol. The lowest BCUT2D eigenvalue weighted by Crippen LogP contribution is -2.42. The first-order valence-electron chi connectivity index (χ1n) is 10.8. The predicted molar refractivity (Wildman–Crippen MR) is 115 cm³/mol. The van der Waals surface area contributed by atoms with E-state index in [2.05, 4.69) is 0 Å². The zero-order valence-corrected chi connectivity index (χ0v) is 18.6. The van der Waals surface area contributed by atoms with E-state index < -0.39 is 12.0 Å². The zero-order chi connectivity index (χ0) is 22.1. The summed E-state index contributed by atoms with van der Waals surface area (Å²) < 4.78 is 16.4. The van der Waals surface area contributed by atoms with Crippen LogP contribution in [0, 0.1) is 5.92 Å². The van der Waals surface area contributed by atoms with Gasteiger partial charge in [-0.3, -0.25) is 4.79 Å². The van der Waals surface area contributed by atoms with Crippen molar-refractivity contribution in [2.45, 2.75) is 64.2 Å². The highest BCUT2D eigenvalue weighted by Crippen LogP contribution is 2.44. The summed E-state index contributed by atoms with van der Waals surface area (Å²) in [5, 5.41) is 9.76. The van der Waals surface area contributed by atoms with E-state index in [-0.39, 0.29) is 18.4 Å². The number of rotatable bonds is 10. The van der Waals surface area contributed by atoms with Gasteiger partial charge < -0.3 is 19.3 Å². The second kappa shape index (κ2) is 11.7. The lowest BCUT2D eigenvalue weighted by Gasteiger charge is -2.33. The normalized spacial score (nSPS) is 15.3. The van der Waals surface area contributed by atoms with Gasteiger partial charge in [0.2, 0.25) is 11.7 Å². The quantitative estimate of drug-likeness (QED) is 0.531. The third-order valence-corrected chi connectivity index (χ3v) is 5.92. The van der Waals surface area contributed by atoms with Crippen LogP contribution in [0.15, 0.2) is 12.1 Å². The number of carbonyl (C=O) groups excluding carboxylic acids is 1. The van der Waals surface area contributed by atoms with E-state index in [1.807, 2.05) is 6.92 Å². The summed E-state index contributed by atoms with van der Waals surface area (Å²) in [5.74, 6) is 0.553. The summed E-state index contributed by atoms with van der Waals surface area (Å²) in [6.45, 7) is 2.27. The van der Waals surface area contributed by atoms with Crippen LogP contribution in [0.3, 0.4) is 0 Å². The Morgan fingerprint density at radius 3 is 2.10 bits per heavy atom. The molecule has 2 amide bonds. The van der Waals surface area contributed by atoms with Gasteiger partial charge >= 0.3 is 6.09 Å². The minimum atomic E-state index is -1.19. The Balaban J connectivity index is 2.49. The molecule has 0 aromatic heterocycles. The topological polar surface area (TPSA) is 85.3 Å². The van der Waals surface area contributed by atoms with E-state index in [9.17, 15) is 14.7 Å². The maximum atomic E-state index is 13.6. The largest absolute Gasteiger partial charge is 0.493 e. The zero-order valence-electron chi connectivity index (χ0n) is 18.6. The van der Waals surface area contributed by atoms with Crippen molar-refractivity contribution in [2.24, 2.45) is 5.92 Å². The number of imide groups is 1. The maximum absolute atomic E-state index is 13.6. The van der Waals surface area contributed by atoms with Crippen molar-refractivity contribution in [3.05, 3.63) is 17.7 Å². The fourth-order valence-electron chi connectivity index (χ4n) is 4.35. The predicted octanol–water partition coefficient (Wildman–Crippen LogP) is 5.07. The molecular weight excluding hydrogens is 386 g/mol. The Kier molecular flexibility index (Phi) is 9.27. The van der Waals surface area contributed by atoms with Crippen molar-refractivity contribution in [1.29, 1.82) is 0 Å². The molecule has 1 N–H and O–H groups in total. The molecule has 2 rings (SSSR count). The number of methoxy groups -OCH3 is 3. The summed E-state index contributed by atoms with van der Waals surface area (Å²) >= 11 is 0. The van der Waals surface area contributed by atoms with Crippen LogP contribution in [-0.2, 0) is 4.79 Å².